The lowest BCUT2D eigenvalue weighted by Crippen LogP contribution is -2.51. The number of halogens is 1. The van der Waals surface area contributed by atoms with Gasteiger partial charge in [-0.2, -0.15) is 0 Å². The lowest BCUT2D eigenvalue weighted by molar-refractivity contribution is -0.138. The van der Waals surface area contributed by atoms with Gasteiger partial charge in [0.15, 0.2) is 0 Å². The third-order valence-electron chi connectivity index (χ3n) is 3.64. The second-order valence-corrected chi connectivity index (χ2v) is 5.99. The van der Waals surface area contributed by atoms with Crippen molar-refractivity contribution in [2.75, 3.05) is 0 Å². The molecule has 5 heteroatoms. The highest BCUT2D eigenvalue weighted by Gasteiger charge is 2.33. The second-order valence-electron chi connectivity index (χ2n) is 5.56. The zero-order valence-electron chi connectivity index (χ0n) is 12.2. The molecule has 1 amide bonds. The molecule has 0 saturated heterocycles. The second kappa shape index (κ2) is 6.27. The molecule has 4 nitrogen and oxygen atoms in total. The maximum Gasteiger partial charge on any atom is 0.305 e. The Morgan fingerprint density at radius 1 is 1.40 bits per heavy atom. The van der Waals surface area contributed by atoms with Crippen LogP contribution in [0.4, 0.5) is 0 Å². The first-order valence-corrected chi connectivity index (χ1v) is 6.84. The molecular weight excluding hydrogens is 278 g/mol. The molecule has 0 bridgehead atoms. The van der Waals surface area contributed by atoms with Gasteiger partial charge < -0.3 is 10.4 Å². The summed E-state index contributed by atoms with van der Waals surface area (Å²) in [4.78, 5) is 23.3. The van der Waals surface area contributed by atoms with Crippen LogP contribution in [-0.4, -0.2) is 22.5 Å². The molecule has 1 atom stereocenters. The van der Waals surface area contributed by atoms with Gasteiger partial charge in [0.1, 0.15) is 0 Å². The Kier molecular flexibility index (Phi) is 5.17. The Labute approximate surface area is 124 Å². The molecule has 1 rings (SSSR count). The van der Waals surface area contributed by atoms with E-state index in [0.29, 0.717) is 10.6 Å². The summed E-state index contributed by atoms with van der Waals surface area (Å²) in [6.07, 6.45) is -0.129. The van der Waals surface area contributed by atoms with Crippen molar-refractivity contribution in [1.82, 2.24) is 5.32 Å². The Morgan fingerprint density at radius 3 is 2.50 bits per heavy atom. The van der Waals surface area contributed by atoms with E-state index in [4.69, 9.17) is 16.7 Å². The standard InChI is InChI=1S/C15H20ClNO3/c1-9(2)15(4,8-13(18)19)17-14(20)12-7-11(16)6-5-10(12)3/h5-7,9H,8H2,1-4H3,(H,17,20)(H,18,19). The van der Waals surface area contributed by atoms with Gasteiger partial charge in [-0.15, -0.1) is 0 Å². The van der Waals surface area contributed by atoms with Crippen molar-refractivity contribution in [1.29, 1.82) is 0 Å². The maximum absolute atomic E-state index is 12.4. The van der Waals surface area contributed by atoms with Gasteiger partial charge in [-0.05, 0) is 37.5 Å². The molecule has 0 aromatic heterocycles. The number of carbonyl (C=O) groups excluding carboxylic acids is 1. The van der Waals surface area contributed by atoms with E-state index in [1.54, 1.807) is 25.1 Å². The van der Waals surface area contributed by atoms with Gasteiger partial charge in [0.2, 0.25) is 0 Å². The Morgan fingerprint density at radius 2 is 2.00 bits per heavy atom. The predicted molar refractivity (Wildman–Crippen MR) is 79.2 cm³/mol. The highest BCUT2D eigenvalue weighted by Crippen LogP contribution is 2.23. The number of nitrogens with one attached hydrogen (secondary N) is 1. The van der Waals surface area contributed by atoms with E-state index in [0.717, 1.165) is 5.56 Å². The maximum atomic E-state index is 12.4. The normalized spacial score (nSPS) is 13.9. The van der Waals surface area contributed by atoms with Crippen molar-refractivity contribution in [2.45, 2.75) is 39.7 Å². The van der Waals surface area contributed by atoms with Gasteiger partial charge in [-0.3, -0.25) is 9.59 Å². The van der Waals surface area contributed by atoms with Crippen LogP contribution in [-0.2, 0) is 4.79 Å². The van der Waals surface area contributed by atoms with Crippen molar-refractivity contribution in [3.05, 3.63) is 34.3 Å². The number of aryl methyl sites for hydroxylation is 1. The molecule has 1 unspecified atom stereocenters. The number of rotatable bonds is 5. The summed E-state index contributed by atoms with van der Waals surface area (Å²) in [5.74, 6) is -1.26. The van der Waals surface area contributed by atoms with E-state index >= 15 is 0 Å². The SMILES string of the molecule is Cc1ccc(Cl)cc1C(=O)NC(C)(CC(=O)O)C(C)C. The van der Waals surface area contributed by atoms with Crippen LogP contribution in [0.15, 0.2) is 18.2 Å². The van der Waals surface area contributed by atoms with Gasteiger partial charge in [0.05, 0.1) is 12.0 Å². The summed E-state index contributed by atoms with van der Waals surface area (Å²) < 4.78 is 0. The molecule has 110 valence electrons. The van der Waals surface area contributed by atoms with E-state index in [1.807, 2.05) is 20.8 Å². The van der Waals surface area contributed by atoms with Crippen molar-refractivity contribution in [3.8, 4) is 0 Å². The largest absolute Gasteiger partial charge is 0.481 e. The van der Waals surface area contributed by atoms with E-state index < -0.39 is 11.5 Å². The number of carboxylic acids is 1. The number of carboxylic acid groups (broad SMARTS) is 1. The highest BCUT2D eigenvalue weighted by molar-refractivity contribution is 6.31. The third-order valence-corrected chi connectivity index (χ3v) is 3.87. The molecule has 0 spiro atoms. The Bertz CT molecular complexity index is 528. The van der Waals surface area contributed by atoms with Crippen LogP contribution in [0, 0.1) is 12.8 Å². The molecule has 0 aliphatic carbocycles. The zero-order valence-corrected chi connectivity index (χ0v) is 12.9. The average molecular weight is 298 g/mol. The molecule has 1 aromatic rings. The fraction of sp³-hybridized carbons (Fsp3) is 0.467. The minimum Gasteiger partial charge on any atom is -0.481 e. The number of aliphatic carboxylic acids is 1. The third kappa shape index (κ3) is 3.97. The molecule has 0 aliphatic rings. The van der Waals surface area contributed by atoms with E-state index in [2.05, 4.69) is 5.32 Å². The minimum absolute atomic E-state index is 0.0120. The Balaban J connectivity index is 3.02. The van der Waals surface area contributed by atoms with Crippen LogP contribution < -0.4 is 5.32 Å². The lowest BCUT2D eigenvalue weighted by atomic mass is 9.85. The molecule has 20 heavy (non-hydrogen) atoms. The number of hydrogen-bond acceptors (Lipinski definition) is 2. The van der Waals surface area contributed by atoms with Gasteiger partial charge in [0, 0.05) is 10.6 Å². The van der Waals surface area contributed by atoms with Crippen LogP contribution in [0.1, 0.15) is 43.1 Å². The predicted octanol–water partition coefficient (Wildman–Crippen LogP) is 3.27. The number of amides is 1. The van der Waals surface area contributed by atoms with E-state index in [1.165, 1.54) is 0 Å². The molecule has 0 aliphatic heterocycles. The molecule has 1 aromatic carbocycles. The average Bonchev–Trinajstić information content (AvgIpc) is 2.30. The van der Waals surface area contributed by atoms with Crippen molar-refractivity contribution >= 4 is 23.5 Å². The molecule has 2 N–H and O–H groups in total. The van der Waals surface area contributed by atoms with E-state index in [9.17, 15) is 9.59 Å². The van der Waals surface area contributed by atoms with Gasteiger partial charge >= 0.3 is 5.97 Å². The summed E-state index contributed by atoms with van der Waals surface area (Å²) in [5, 5.41) is 12.3. The smallest absolute Gasteiger partial charge is 0.305 e. The Hall–Kier alpha value is -1.55. The summed E-state index contributed by atoms with van der Waals surface area (Å²) in [6, 6.07) is 5.07. The van der Waals surface area contributed by atoms with Crippen LogP contribution >= 0.6 is 11.6 Å². The molecule has 0 heterocycles. The number of benzene rings is 1. The topological polar surface area (TPSA) is 66.4 Å². The van der Waals surface area contributed by atoms with E-state index in [-0.39, 0.29) is 18.2 Å². The fourth-order valence-electron chi connectivity index (χ4n) is 1.87. The van der Waals surface area contributed by atoms with Gasteiger partial charge in [-0.1, -0.05) is 31.5 Å². The van der Waals surface area contributed by atoms with Crippen LogP contribution in [0.3, 0.4) is 0 Å². The quantitative estimate of drug-likeness (QED) is 0.876. The summed E-state index contributed by atoms with van der Waals surface area (Å²) in [5.41, 5.74) is 0.459. The first-order chi connectivity index (χ1) is 9.15. The first-order valence-electron chi connectivity index (χ1n) is 6.46. The number of hydrogen-bond donors (Lipinski definition) is 2. The summed E-state index contributed by atoms with van der Waals surface area (Å²) in [6.45, 7) is 7.32. The molecular formula is C15H20ClNO3. The summed E-state index contributed by atoms with van der Waals surface area (Å²) in [7, 11) is 0. The zero-order chi connectivity index (χ0) is 15.5. The van der Waals surface area contributed by atoms with Gasteiger partial charge in [-0.25, -0.2) is 0 Å². The summed E-state index contributed by atoms with van der Waals surface area (Å²) >= 11 is 5.90. The lowest BCUT2D eigenvalue weighted by Gasteiger charge is -2.33. The number of carbonyl (C=O) groups is 2. The van der Waals surface area contributed by atoms with Crippen molar-refractivity contribution in [2.24, 2.45) is 5.92 Å². The van der Waals surface area contributed by atoms with Crippen LogP contribution in [0.5, 0.6) is 0 Å². The van der Waals surface area contributed by atoms with Gasteiger partial charge in [0.25, 0.3) is 5.91 Å². The van der Waals surface area contributed by atoms with Crippen molar-refractivity contribution in [3.63, 3.8) is 0 Å². The fourth-order valence-corrected chi connectivity index (χ4v) is 2.04. The molecule has 0 fully saturated rings. The molecule has 0 saturated carbocycles. The monoisotopic (exact) mass is 297 g/mol. The first kappa shape index (κ1) is 16.5. The van der Waals surface area contributed by atoms with Crippen LogP contribution in [0.2, 0.25) is 5.02 Å². The minimum atomic E-state index is -0.940. The van der Waals surface area contributed by atoms with Crippen LogP contribution in [0.25, 0.3) is 0 Å². The highest BCUT2D eigenvalue weighted by atomic mass is 35.5. The van der Waals surface area contributed by atoms with Crippen molar-refractivity contribution < 1.29 is 14.7 Å². The molecule has 0 radical (unpaired) electrons.